The summed E-state index contributed by atoms with van der Waals surface area (Å²) >= 11 is 0. The lowest BCUT2D eigenvalue weighted by Crippen LogP contribution is -2.26. The Balaban J connectivity index is 2.07. The lowest BCUT2D eigenvalue weighted by atomic mass is 10.2. The summed E-state index contributed by atoms with van der Waals surface area (Å²) in [4.78, 5) is 7.86. The second-order valence-electron chi connectivity index (χ2n) is 4.79. The molecule has 1 aliphatic rings. The third kappa shape index (κ3) is 2.20. The van der Waals surface area contributed by atoms with Gasteiger partial charge in [-0.3, -0.25) is 0 Å². The lowest BCUT2D eigenvalue weighted by molar-refractivity contribution is -0.147. The number of alkyl halides is 3. The van der Waals surface area contributed by atoms with Crippen LogP contribution in [-0.2, 0) is 32.7 Å². The fourth-order valence-electron chi connectivity index (χ4n) is 2.45. The molecule has 1 N–H and O–H groups in total. The van der Waals surface area contributed by atoms with E-state index in [1.807, 2.05) is 0 Å². The van der Waals surface area contributed by atoms with Crippen molar-refractivity contribution >= 4 is 0 Å². The van der Waals surface area contributed by atoms with Crippen molar-refractivity contribution in [2.75, 3.05) is 6.54 Å². The van der Waals surface area contributed by atoms with E-state index in [1.54, 1.807) is 24.0 Å². The van der Waals surface area contributed by atoms with Gasteiger partial charge < -0.3 is 14.5 Å². The Morgan fingerprint density at radius 2 is 2.20 bits per heavy atom. The number of aromatic nitrogens is 4. The van der Waals surface area contributed by atoms with Gasteiger partial charge in [0.05, 0.1) is 12.2 Å². The van der Waals surface area contributed by atoms with Crippen molar-refractivity contribution in [2.45, 2.75) is 25.7 Å². The molecule has 0 atom stereocenters. The molecule has 8 heteroatoms. The third-order valence-corrected chi connectivity index (χ3v) is 3.46. The fraction of sp³-hybridized carbons (Fsp3) is 0.500. The van der Waals surface area contributed by atoms with Crippen LogP contribution in [0.3, 0.4) is 0 Å². The third-order valence-electron chi connectivity index (χ3n) is 3.46. The molecule has 0 spiro atoms. The zero-order valence-corrected chi connectivity index (χ0v) is 10.9. The number of aryl methyl sites for hydroxylation is 1. The Kier molecular flexibility index (Phi) is 3.04. The molecule has 0 unspecified atom stereocenters. The van der Waals surface area contributed by atoms with Gasteiger partial charge in [-0.15, -0.1) is 0 Å². The minimum absolute atomic E-state index is 0.0840. The molecule has 1 aliphatic heterocycles. The summed E-state index contributed by atoms with van der Waals surface area (Å²) in [6.07, 6.45) is -0.619. The predicted molar refractivity (Wildman–Crippen MR) is 64.9 cm³/mol. The molecule has 3 rings (SSSR count). The van der Waals surface area contributed by atoms with Gasteiger partial charge in [0, 0.05) is 44.6 Å². The largest absolute Gasteiger partial charge is 0.449 e. The van der Waals surface area contributed by atoms with Crippen LogP contribution in [-0.4, -0.2) is 25.6 Å². The van der Waals surface area contributed by atoms with Crippen molar-refractivity contribution in [1.29, 1.82) is 0 Å². The van der Waals surface area contributed by atoms with Gasteiger partial charge in [0.1, 0.15) is 5.82 Å². The monoisotopic (exact) mass is 285 g/mol. The van der Waals surface area contributed by atoms with Crippen molar-refractivity contribution in [3.05, 3.63) is 35.4 Å². The number of halogens is 3. The zero-order valence-electron chi connectivity index (χ0n) is 10.9. The van der Waals surface area contributed by atoms with E-state index in [2.05, 4.69) is 15.3 Å². The van der Waals surface area contributed by atoms with Crippen molar-refractivity contribution < 1.29 is 13.2 Å². The van der Waals surface area contributed by atoms with Gasteiger partial charge >= 0.3 is 6.18 Å². The topological polar surface area (TPSA) is 47.7 Å². The molecule has 108 valence electrons. The molecule has 5 nitrogen and oxygen atoms in total. The summed E-state index contributed by atoms with van der Waals surface area (Å²) in [5, 5.41) is 3.04. The standard InChI is InChI=1S/C12H14F3N5/c1-19-5-4-17-10(19)7-20-9-2-3-16-6-8(9)18-11(20)12(13,14)15/h4-5,16H,2-3,6-7H2,1H3. The molecule has 0 saturated carbocycles. The number of imidazole rings is 2. The first-order valence-corrected chi connectivity index (χ1v) is 6.29. The van der Waals surface area contributed by atoms with Gasteiger partial charge in [-0.1, -0.05) is 0 Å². The van der Waals surface area contributed by atoms with E-state index in [9.17, 15) is 13.2 Å². The minimum Gasteiger partial charge on any atom is -0.337 e. The van der Waals surface area contributed by atoms with Crippen molar-refractivity contribution in [2.24, 2.45) is 7.05 Å². The molecule has 0 saturated heterocycles. The molecule has 0 aromatic carbocycles. The van der Waals surface area contributed by atoms with Crippen LogP contribution in [0.15, 0.2) is 12.4 Å². The number of hydrogen-bond acceptors (Lipinski definition) is 3. The van der Waals surface area contributed by atoms with E-state index in [-0.39, 0.29) is 6.54 Å². The van der Waals surface area contributed by atoms with Gasteiger partial charge in [0.15, 0.2) is 0 Å². The quantitative estimate of drug-likeness (QED) is 0.905. The summed E-state index contributed by atoms with van der Waals surface area (Å²) < 4.78 is 42.4. The van der Waals surface area contributed by atoms with Crippen LogP contribution in [0.2, 0.25) is 0 Å². The van der Waals surface area contributed by atoms with Crippen LogP contribution in [0.4, 0.5) is 13.2 Å². The second kappa shape index (κ2) is 4.62. The first-order valence-electron chi connectivity index (χ1n) is 6.29. The maximum absolute atomic E-state index is 13.1. The molecular weight excluding hydrogens is 271 g/mol. The van der Waals surface area contributed by atoms with Crippen LogP contribution in [0.5, 0.6) is 0 Å². The molecule has 0 bridgehead atoms. The summed E-state index contributed by atoms with van der Waals surface area (Å²) in [6, 6.07) is 0. The molecule has 3 heterocycles. The summed E-state index contributed by atoms with van der Waals surface area (Å²) in [5.74, 6) is -0.261. The van der Waals surface area contributed by atoms with Crippen molar-refractivity contribution in [1.82, 2.24) is 24.4 Å². The van der Waals surface area contributed by atoms with E-state index in [4.69, 9.17) is 0 Å². The first kappa shape index (κ1) is 13.2. The first-order chi connectivity index (χ1) is 9.47. The number of hydrogen-bond donors (Lipinski definition) is 1. The summed E-state index contributed by atoms with van der Waals surface area (Å²) in [5.41, 5.74) is 1.14. The molecule has 20 heavy (non-hydrogen) atoms. The smallest absolute Gasteiger partial charge is 0.337 e. The number of nitrogens with one attached hydrogen (secondary N) is 1. The van der Waals surface area contributed by atoms with Gasteiger partial charge in [-0.2, -0.15) is 13.2 Å². The Hall–Kier alpha value is -1.83. The normalized spacial score (nSPS) is 15.4. The highest BCUT2D eigenvalue weighted by Gasteiger charge is 2.39. The number of fused-ring (bicyclic) bond motifs is 1. The Morgan fingerprint density at radius 1 is 1.40 bits per heavy atom. The Labute approximate surface area is 113 Å². The van der Waals surface area contributed by atoms with E-state index in [0.29, 0.717) is 36.7 Å². The highest BCUT2D eigenvalue weighted by Crippen LogP contribution is 2.31. The Morgan fingerprint density at radius 3 is 2.85 bits per heavy atom. The predicted octanol–water partition coefficient (Wildman–Crippen LogP) is 1.33. The maximum Gasteiger partial charge on any atom is 0.449 e. The zero-order chi connectivity index (χ0) is 14.3. The van der Waals surface area contributed by atoms with E-state index >= 15 is 0 Å². The van der Waals surface area contributed by atoms with Gasteiger partial charge in [0.2, 0.25) is 5.82 Å². The molecule has 0 amide bonds. The van der Waals surface area contributed by atoms with E-state index < -0.39 is 12.0 Å². The molecule has 0 aliphatic carbocycles. The SMILES string of the molecule is Cn1ccnc1Cn1c(C(F)(F)F)nc2c1CCNC2. The van der Waals surface area contributed by atoms with E-state index in [0.717, 1.165) is 0 Å². The van der Waals surface area contributed by atoms with Crippen molar-refractivity contribution in [3.8, 4) is 0 Å². The van der Waals surface area contributed by atoms with Crippen LogP contribution < -0.4 is 5.32 Å². The summed E-state index contributed by atoms with van der Waals surface area (Å²) in [6.45, 7) is 1.13. The van der Waals surface area contributed by atoms with Crippen LogP contribution in [0, 0.1) is 0 Å². The average molecular weight is 285 g/mol. The molecule has 2 aromatic heterocycles. The van der Waals surface area contributed by atoms with Crippen LogP contribution in [0.25, 0.3) is 0 Å². The van der Waals surface area contributed by atoms with Crippen LogP contribution in [0.1, 0.15) is 23.0 Å². The van der Waals surface area contributed by atoms with Gasteiger partial charge in [-0.05, 0) is 0 Å². The van der Waals surface area contributed by atoms with Gasteiger partial charge in [-0.25, -0.2) is 9.97 Å². The Bertz CT molecular complexity index is 626. The highest BCUT2D eigenvalue weighted by atomic mass is 19.4. The van der Waals surface area contributed by atoms with Gasteiger partial charge in [0.25, 0.3) is 0 Å². The highest BCUT2D eigenvalue weighted by molar-refractivity contribution is 5.22. The molecule has 2 aromatic rings. The summed E-state index contributed by atoms with van der Waals surface area (Å²) in [7, 11) is 1.76. The fourth-order valence-corrected chi connectivity index (χ4v) is 2.45. The second-order valence-corrected chi connectivity index (χ2v) is 4.79. The van der Waals surface area contributed by atoms with Crippen molar-refractivity contribution in [3.63, 3.8) is 0 Å². The number of nitrogens with zero attached hydrogens (tertiary/aromatic N) is 4. The maximum atomic E-state index is 13.1. The molecule has 0 fully saturated rings. The molecule has 0 radical (unpaired) electrons. The van der Waals surface area contributed by atoms with Crippen LogP contribution >= 0.6 is 0 Å². The number of rotatable bonds is 2. The lowest BCUT2D eigenvalue weighted by Gasteiger charge is -2.16. The molecular formula is C12H14F3N5. The average Bonchev–Trinajstić information content (AvgIpc) is 2.95. The van der Waals surface area contributed by atoms with E-state index in [1.165, 1.54) is 4.57 Å². The minimum atomic E-state index is -4.46.